The van der Waals surface area contributed by atoms with Crippen molar-refractivity contribution >= 4 is 17.8 Å². The second-order valence-corrected chi connectivity index (χ2v) is 4.14. The van der Waals surface area contributed by atoms with Crippen LogP contribution in [0.1, 0.15) is 18.6 Å². The molecule has 1 aromatic heterocycles. The van der Waals surface area contributed by atoms with Gasteiger partial charge in [-0.05, 0) is 25.8 Å². The zero-order chi connectivity index (χ0) is 11.9. The SMILES string of the molecule is Cc1ccc(N(C)C(=O)C2(C(=O)O)CC2)o1. The third-order valence-corrected chi connectivity index (χ3v) is 2.93. The number of rotatable bonds is 3. The summed E-state index contributed by atoms with van der Waals surface area (Å²) in [7, 11) is 1.53. The standard InChI is InChI=1S/C11H13NO4/c1-7-3-4-8(16-7)12(2)9(13)11(5-6-11)10(14)15/h3-4H,5-6H2,1-2H3,(H,14,15). The summed E-state index contributed by atoms with van der Waals surface area (Å²) in [6, 6.07) is 3.39. The quantitative estimate of drug-likeness (QED) is 0.786. The van der Waals surface area contributed by atoms with E-state index < -0.39 is 17.3 Å². The average Bonchev–Trinajstić information content (AvgIpc) is 2.95. The van der Waals surface area contributed by atoms with Crippen LogP contribution in [0.5, 0.6) is 0 Å². The topological polar surface area (TPSA) is 70.8 Å². The Morgan fingerprint density at radius 3 is 2.44 bits per heavy atom. The largest absolute Gasteiger partial charge is 0.480 e. The number of furan rings is 1. The number of aliphatic carboxylic acids is 1. The van der Waals surface area contributed by atoms with Crippen molar-refractivity contribution in [2.24, 2.45) is 5.41 Å². The Balaban J connectivity index is 2.20. The molecule has 5 heteroatoms. The Bertz CT molecular complexity index is 445. The first-order valence-electron chi connectivity index (χ1n) is 5.05. The molecule has 1 saturated carbocycles. The van der Waals surface area contributed by atoms with E-state index in [1.165, 1.54) is 11.9 Å². The van der Waals surface area contributed by atoms with Crippen molar-refractivity contribution in [1.82, 2.24) is 0 Å². The first kappa shape index (κ1) is 10.7. The number of carbonyl (C=O) groups is 2. The van der Waals surface area contributed by atoms with Crippen molar-refractivity contribution in [3.8, 4) is 0 Å². The van der Waals surface area contributed by atoms with Gasteiger partial charge in [-0.25, -0.2) is 0 Å². The lowest BCUT2D eigenvalue weighted by molar-refractivity contribution is -0.148. The van der Waals surface area contributed by atoms with Crippen molar-refractivity contribution in [2.75, 3.05) is 11.9 Å². The maximum atomic E-state index is 12.0. The number of hydrogen-bond donors (Lipinski definition) is 1. The zero-order valence-corrected chi connectivity index (χ0v) is 9.19. The van der Waals surface area contributed by atoms with Crippen molar-refractivity contribution in [3.63, 3.8) is 0 Å². The first-order valence-corrected chi connectivity index (χ1v) is 5.05. The Hall–Kier alpha value is -1.78. The number of aryl methyl sites for hydroxylation is 1. The van der Waals surface area contributed by atoms with E-state index in [-0.39, 0.29) is 0 Å². The molecule has 5 nitrogen and oxygen atoms in total. The highest BCUT2D eigenvalue weighted by Crippen LogP contribution is 2.47. The second-order valence-electron chi connectivity index (χ2n) is 4.14. The molecule has 1 N–H and O–H groups in total. The van der Waals surface area contributed by atoms with Gasteiger partial charge in [-0.3, -0.25) is 14.5 Å². The predicted octanol–water partition coefficient (Wildman–Crippen LogP) is 1.42. The average molecular weight is 223 g/mol. The number of carbonyl (C=O) groups excluding carboxylic acids is 1. The molecule has 0 radical (unpaired) electrons. The van der Waals surface area contributed by atoms with E-state index in [4.69, 9.17) is 9.52 Å². The van der Waals surface area contributed by atoms with Gasteiger partial charge in [0, 0.05) is 13.1 Å². The number of carboxylic acids is 1. The van der Waals surface area contributed by atoms with E-state index >= 15 is 0 Å². The molecule has 1 fully saturated rings. The van der Waals surface area contributed by atoms with E-state index in [9.17, 15) is 9.59 Å². The molecular weight excluding hydrogens is 210 g/mol. The molecule has 1 amide bonds. The third-order valence-electron chi connectivity index (χ3n) is 2.93. The molecule has 1 aliphatic rings. The minimum absolute atomic E-state index is 0.384. The Labute approximate surface area is 92.7 Å². The summed E-state index contributed by atoms with van der Waals surface area (Å²) in [5.74, 6) is -0.383. The van der Waals surface area contributed by atoms with Gasteiger partial charge in [-0.1, -0.05) is 0 Å². The molecule has 2 rings (SSSR count). The Morgan fingerprint density at radius 1 is 1.44 bits per heavy atom. The van der Waals surface area contributed by atoms with Gasteiger partial charge in [0.1, 0.15) is 11.2 Å². The maximum Gasteiger partial charge on any atom is 0.319 e. The maximum absolute atomic E-state index is 12.0. The highest BCUT2D eigenvalue weighted by atomic mass is 16.4. The molecule has 16 heavy (non-hydrogen) atoms. The molecule has 1 heterocycles. The molecule has 1 aliphatic carbocycles. The number of carboxylic acid groups (broad SMARTS) is 1. The van der Waals surface area contributed by atoms with Crippen molar-refractivity contribution in [1.29, 1.82) is 0 Å². The number of amides is 1. The molecule has 0 saturated heterocycles. The fourth-order valence-corrected chi connectivity index (χ4v) is 1.67. The van der Waals surface area contributed by atoms with Gasteiger partial charge < -0.3 is 9.52 Å². The summed E-state index contributed by atoms with van der Waals surface area (Å²) in [5.41, 5.74) is -1.21. The molecule has 0 aromatic carbocycles. The summed E-state index contributed by atoms with van der Waals surface area (Å²) >= 11 is 0. The van der Waals surface area contributed by atoms with Crippen LogP contribution in [0.4, 0.5) is 5.88 Å². The molecule has 0 bridgehead atoms. The summed E-state index contributed by atoms with van der Waals surface area (Å²) in [6.07, 6.45) is 0.816. The van der Waals surface area contributed by atoms with Crippen LogP contribution in [0.2, 0.25) is 0 Å². The smallest absolute Gasteiger partial charge is 0.319 e. The van der Waals surface area contributed by atoms with Gasteiger partial charge in [0.05, 0.1) is 0 Å². The molecule has 0 spiro atoms. The van der Waals surface area contributed by atoms with Gasteiger partial charge in [0.2, 0.25) is 11.8 Å². The van der Waals surface area contributed by atoms with Crippen LogP contribution < -0.4 is 4.90 Å². The zero-order valence-electron chi connectivity index (χ0n) is 9.19. The molecule has 1 aromatic rings. The highest BCUT2D eigenvalue weighted by Gasteiger charge is 2.58. The lowest BCUT2D eigenvalue weighted by atomic mass is 10.1. The fourth-order valence-electron chi connectivity index (χ4n) is 1.67. The van der Waals surface area contributed by atoms with E-state index in [1.54, 1.807) is 19.1 Å². The third kappa shape index (κ3) is 1.48. The van der Waals surface area contributed by atoms with Gasteiger partial charge in [-0.15, -0.1) is 0 Å². The molecule has 0 unspecified atom stereocenters. The van der Waals surface area contributed by atoms with E-state index in [2.05, 4.69) is 0 Å². The Morgan fingerprint density at radius 2 is 2.06 bits per heavy atom. The van der Waals surface area contributed by atoms with Crippen molar-refractivity contribution < 1.29 is 19.1 Å². The van der Waals surface area contributed by atoms with Crippen molar-refractivity contribution in [2.45, 2.75) is 19.8 Å². The van der Waals surface area contributed by atoms with E-state index in [0.29, 0.717) is 24.5 Å². The van der Waals surface area contributed by atoms with Crippen molar-refractivity contribution in [3.05, 3.63) is 17.9 Å². The molecule has 0 aliphatic heterocycles. The van der Waals surface area contributed by atoms with Gasteiger partial charge in [-0.2, -0.15) is 0 Å². The number of anilines is 1. The van der Waals surface area contributed by atoms with Crippen LogP contribution in [0.15, 0.2) is 16.5 Å². The minimum atomic E-state index is -1.21. The van der Waals surface area contributed by atoms with Gasteiger partial charge in [0.25, 0.3) is 0 Å². The summed E-state index contributed by atoms with van der Waals surface area (Å²) < 4.78 is 5.28. The normalized spacial score (nSPS) is 16.9. The van der Waals surface area contributed by atoms with E-state index in [1.807, 2.05) is 0 Å². The lowest BCUT2D eigenvalue weighted by Crippen LogP contribution is -2.38. The van der Waals surface area contributed by atoms with Gasteiger partial charge in [0.15, 0.2) is 0 Å². The minimum Gasteiger partial charge on any atom is -0.480 e. The van der Waals surface area contributed by atoms with Crippen LogP contribution in [-0.4, -0.2) is 24.0 Å². The van der Waals surface area contributed by atoms with Crippen LogP contribution in [0, 0.1) is 12.3 Å². The first-order chi connectivity index (χ1) is 7.47. The summed E-state index contributed by atoms with van der Waals surface area (Å²) in [6.45, 7) is 1.77. The Kier molecular flexibility index (Phi) is 2.26. The highest BCUT2D eigenvalue weighted by molar-refractivity contribution is 6.11. The van der Waals surface area contributed by atoms with Crippen LogP contribution in [0.3, 0.4) is 0 Å². The van der Waals surface area contributed by atoms with E-state index in [0.717, 1.165) is 0 Å². The monoisotopic (exact) mass is 223 g/mol. The lowest BCUT2D eigenvalue weighted by Gasteiger charge is -2.18. The molecular formula is C11H13NO4. The summed E-state index contributed by atoms with van der Waals surface area (Å²) in [4.78, 5) is 24.2. The summed E-state index contributed by atoms with van der Waals surface area (Å²) in [5, 5.41) is 9.00. The van der Waals surface area contributed by atoms with Crippen LogP contribution in [-0.2, 0) is 9.59 Å². The predicted molar refractivity (Wildman–Crippen MR) is 56.2 cm³/mol. The van der Waals surface area contributed by atoms with Gasteiger partial charge >= 0.3 is 5.97 Å². The number of hydrogen-bond acceptors (Lipinski definition) is 3. The second kappa shape index (κ2) is 3.37. The number of nitrogens with zero attached hydrogens (tertiary/aromatic N) is 1. The molecule has 86 valence electrons. The van der Waals surface area contributed by atoms with Crippen LogP contribution in [0.25, 0.3) is 0 Å². The molecule has 0 atom stereocenters. The fraction of sp³-hybridized carbons (Fsp3) is 0.455. The van der Waals surface area contributed by atoms with Crippen LogP contribution >= 0.6 is 0 Å².